The Bertz CT molecular complexity index is 651. The third-order valence-electron chi connectivity index (χ3n) is 3.44. The summed E-state index contributed by atoms with van der Waals surface area (Å²) in [6, 6.07) is 11.3. The van der Waals surface area contributed by atoms with Crippen LogP contribution in [0.4, 0.5) is 0 Å². The fourth-order valence-corrected chi connectivity index (χ4v) is 3.06. The van der Waals surface area contributed by atoms with E-state index in [0.29, 0.717) is 18.5 Å². The second-order valence-electron chi connectivity index (χ2n) is 4.88. The van der Waals surface area contributed by atoms with Gasteiger partial charge in [-0.05, 0) is 29.5 Å². The van der Waals surface area contributed by atoms with Crippen molar-refractivity contribution in [3.63, 3.8) is 0 Å². The lowest BCUT2D eigenvalue weighted by atomic mass is 9.98. The Hall–Kier alpha value is -2.14. The zero-order chi connectivity index (χ0) is 14.7. The Labute approximate surface area is 126 Å². The molecule has 4 nitrogen and oxygen atoms in total. The molecular formula is C16H15NO3S. The molecule has 2 heterocycles. The molecule has 108 valence electrons. The van der Waals surface area contributed by atoms with Gasteiger partial charge in [0.1, 0.15) is 0 Å². The van der Waals surface area contributed by atoms with Gasteiger partial charge in [0.05, 0.1) is 5.56 Å². The highest BCUT2D eigenvalue weighted by atomic mass is 32.1. The summed E-state index contributed by atoms with van der Waals surface area (Å²) in [7, 11) is 0. The number of fused-ring (bicyclic) bond motifs is 1. The number of ether oxygens (including phenoxy) is 1. The third-order valence-corrected chi connectivity index (χ3v) is 4.37. The van der Waals surface area contributed by atoms with Crippen molar-refractivity contribution in [2.24, 2.45) is 0 Å². The topological polar surface area (TPSA) is 55.4 Å². The fraction of sp³-hybridized carbons (Fsp3) is 0.250. The number of hydrogen-bond donors (Lipinski definition) is 1. The monoisotopic (exact) mass is 301 g/mol. The molecule has 0 unspecified atom stereocenters. The van der Waals surface area contributed by atoms with Crippen LogP contribution in [0.2, 0.25) is 0 Å². The first-order valence-corrected chi connectivity index (χ1v) is 7.71. The molecular weight excluding hydrogens is 286 g/mol. The number of cyclic esters (lactones) is 1. The second-order valence-corrected chi connectivity index (χ2v) is 5.91. The lowest BCUT2D eigenvalue weighted by molar-refractivity contribution is -0.130. The number of rotatable bonds is 4. The minimum atomic E-state index is -0.726. The van der Waals surface area contributed by atoms with Crippen LogP contribution in [-0.2, 0) is 22.4 Å². The van der Waals surface area contributed by atoms with Crippen LogP contribution in [0.3, 0.4) is 0 Å². The van der Waals surface area contributed by atoms with Crippen LogP contribution in [0, 0.1) is 0 Å². The molecule has 0 radical (unpaired) electrons. The van der Waals surface area contributed by atoms with Gasteiger partial charge < -0.3 is 10.1 Å². The van der Waals surface area contributed by atoms with E-state index in [1.165, 1.54) is 4.88 Å². The minimum absolute atomic E-state index is 0.227. The molecule has 1 aromatic carbocycles. The average molecular weight is 301 g/mol. The molecule has 1 atom stereocenters. The van der Waals surface area contributed by atoms with E-state index in [2.05, 4.69) is 5.32 Å². The lowest BCUT2D eigenvalue weighted by Gasteiger charge is -2.23. The van der Waals surface area contributed by atoms with Crippen molar-refractivity contribution < 1.29 is 14.3 Å². The predicted molar refractivity (Wildman–Crippen MR) is 80.4 cm³/mol. The molecule has 2 aromatic rings. The molecule has 3 rings (SSSR count). The number of esters is 1. The van der Waals surface area contributed by atoms with Crippen molar-refractivity contribution in [2.45, 2.75) is 18.9 Å². The number of amides is 1. The van der Waals surface area contributed by atoms with Gasteiger partial charge in [0, 0.05) is 17.8 Å². The Morgan fingerprint density at radius 2 is 2.14 bits per heavy atom. The second kappa shape index (κ2) is 6.10. The Kier molecular flexibility index (Phi) is 4.01. The van der Waals surface area contributed by atoms with Crippen LogP contribution in [0.5, 0.6) is 0 Å². The molecule has 0 aliphatic carbocycles. The zero-order valence-corrected chi connectivity index (χ0v) is 12.2. The van der Waals surface area contributed by atoms with Gasteiger partial charge in [-0.25, -0.2) is 4.79 Å². The van der Waals surface area contributed by atoms with Crippen LogP contribution in [0.25, 0.3) is 0 Å². The maximum atomic E-state index is 12.1. The molecule has 5 heteroatoms. The SMILES string of the molecule is O=C1O[C@H](C(=O)NCCc2cccs2)Cc2ccccc21. The molecule has 0 bridgehead atoms. The minimum Gasteiger partial charge on any atom is -0.448 e. The maximum absolute atomic E-state index is 12.1. The third kappa shape index (κ3) is 3.13. The van der Waals surface area contributed by atoms with E-state index in [0.717, 1.165) is 12.0 Å². The molecule has 0 spiro atoms. The smallest absolute Gasteiger partial charge is 0.339 e. The highest BCUT2D eigenvalue weighted by molar-refractivity contribution is 7.09. The Balaban J connectivity index is 1.58. The first-order valence-electron chi connectivity index (χ1n) is 6.83. The summed E-state index contributed by atoms with van der Waals surface area (Å²) in [5.74, 6) is -0.648. The van der Waals surface area contributed by atoms with Crippen molar-refractivity contribution >= 4 is 23.2 Å². The summed E-state index contributed by atoms with van der Waals surface area (Å²) in [6.07, 6.45) is 0.503. The van der Waals surface area contributed by atoms with Crippen molar-refractivity contribution in [1.29, 1.82) is 0 Å². The highest BCUT2D eigenvalue weighted by Gasteiger charge is 2.30. The Morgan fingerprint density at radius 1 is 1.29 bits per heavy atom. The summed E-state index contributed by atoms with van der Waals surface area (Å²) in [5.41, 5.74) is 1.42. The number of benzene rings is 1. The molecule has 1 amide bonds. The quantitative estimate of drug-likeness (QED) is 0.881. The maximum Gasteiger partial charge on any atom is 0.339 e. The molecule has 21 heavy (non-hydrogen) atoms. The van der Waals surface area contributed by atoms with E-state index < -0.39 is 12.1 Å². The molecule has 0 fully saturated rings. The van der Waals surface area contributed by atoms with E-state index in [4.69, 9.17) is 4.74 Å². The van der Waals surface area contributed by atoms with E-state index in [1.807, 2.05) is 29.6 Å². The molecule has 0 saturated heterocycles. The number of hydrogen-bond acceptors (Lipinski definition) is 4. The normalized spacial score (nSPS) is 17.0. The van der Waals surface area contributed by atoms with Gasteiger partial charge in [-0.2, -0.15) is 0 Å². The molecule has 1 aliphatic rings. The van der Waals surface area contributed by atoms with Crippen LogP contribution < -0.4 is 5.32 Å². The van der Waals surface area contributed by atoms with E-state index in [1.54, 1.807) is 23.5 Å². The van der Waals surface area contributed by atoms with Crippen molar-refractivity contribution in [2.75, 3.05) is 6.54 Å². The van der Waals surface area contributed by atoms with Gasteiger partial charge in [-0.3, -0.25) is 4.79 Å². The number of carbonyl (C=O) groups is 2. The summed E-state index contributed by atoms with van der Waals surface area (Å²) in [6.45, 7) is 0.551. The van der Waals surface area contributed by atoms with Gasteiger partial charge in [-0.1, -0.05) is 24.3 Å². The average Bonchev–Trinajstić information content (AvgIpc) is 3.00. The summed E-state index contributed by atoms with van der Waals surface area (Å²) >= 11 is 1.66. The zero-order valence-electron chi connectivity index (χ0n) is 11.4. The predicted octanol–water partition coefficient (Wildman–Crippen LogP) is 2.19. The molecule has 1 aromatic heterocycles. The molecule has 1 N–H and O–H groups in total. The van der Waals surface area contributed by atoms with Gasteiger partial charge in [-0.15, -0.1) is 11.3 Å². The largest absolute Gasteiger partial charge is 0.448 e. The number of thiophene rings is 1. The summed E-state index contributed by atoms with van der Waals surface area (Å²) in [4.78, 5) is 25.2. The van der Waals surface area contributed by atoms with E-state index in [9.17, 15) is 9.59 Å². The molecule has 0 saturated carbocycles. The summed E-state index contributed by atoms with van der Waals surface area (Å²) in [5, 5.41) is 4.84. The van der Waals surface area contributed by atoms with Crippen LogP contribution in [0.15, 0.2) is 41.8 Å². The fourth-order valence-electron chi connectivity index (χ4n) is 2.36. The van der Waals surface area contributed by atoms with Crippen LogP contribution in [0.1, 0.15) is 20.8 Å². The van der Waals surface area contributed by atoms with Gasteiger partial charge >= 0.3 is 5.97 Å². The Morgan fingerprint density at radius 3 is 2.95 bits per heavy atom. The van der Waals surface area contributed by atoms with Crippen LogP contribution >= 0.6 is 11.3 Å². The standard InChI is InChI=1S/C16H15NO3S/c18-15(17-8-7-12-5-3-9-21-12)14-10-11-4-1-2-6-13(11)16(19)20-14/h1-6,9,14H,7-8,10H2,(H,17,18)/t14-/m0/s1. The van der Waals surface area contributed by atoms with Crippen molar-refractivity contribution in [3.05, 3.63) is 57.8 Å². The van der Waals surface area contributed by atoms with Crippen LogP contribution in [-0.4, -0.2) is 24.5 Å². The van der Waals surface area contributed by atoms with Gasteiger partial charge in [0.15, 0.2) is 6.10 Å². The highest BCUT2D eigenvalue weighted by Crippen LogP contribution is 2.20. The number of carbonyl (C=O) groups excluding carboxylic acids is 2. The van der Waals surface area contributed by atoms with Crippen molar-refractivity contribution in [1.82, 2.24) is 5.32 Å². The molecule has 1 aliphatic heterocycles. The first kappa shape index (κ1) is 13.8. The van der Waals surface area contributed by atoms with Gasteiger partial charge in [0.2, 0.25) is 0 Å². The number of nitrogens with one attached hydrogen (secondary N) is 1. The summed E-state index contributed by atoms with van der Waals surface area (Å²) < 4.78 is 5.21. The van der Waals surface area contributed by atoms with Gasteiger partial charge in [0.25, 0.3) is 5.91 Å². The lowest BCUT2D eigenvalue weighted by Crippen LogP contribution is -2.42. The van der Waals surface area contributed by atoms with E-state index >= 15 is 0 Å². The van der Waals surface area contributed by atoms with E-state index in [-0.39, 0.29) is 5.91 Å². The first-order chi connectivity index (χ1) is 10.2. The van der Waals surface area contributed by atoms with Crippen molar-refractivity contribution in [3.8, 4) is 0 Å².